The van der Waals surface area contributed by atoms with E-state index >= 15 is 0 Å². The van der Waals surface area contributed by atoms with Crippen LogP contribution in [0.1, 0.15) is 23.5 Å². The highest BCUT2D eigenvalue weighted by Crippen LogP contribution is 2.25. The average molecular weight is 437 g/mol. The Balaban J connectivity index is 1.58. The van der Waals surface area contributed by atoms with Crippen molar-refractivity contribution >= 4 is 11.6 Å². The lowest BCUT2D eigenvalue weighted by Gasteiger charge is -2.35. The van der Waals surface area contributed by atoms with E-state index in [9.17, 15) is 9.90 Å². The van der Waals surface area contributed by atoms with E-state index < -0.39 is 32.1 Å². The zero-order chi connectivity index (χ0) is 30.0. The van der Waals surface area contributed by atoms with Crippen molar-refractivity contribution in [2.24, 2.45) is 0 Å². The molecule has 0 bridgehead atoms. The standard InChI is InChI=1S/C24H33N3O4/c1-18-7-6-8-19(2)24(18)25-23(29)16-27-13-11-26(12-14-27)15-20(28)17-31-22-10-5-4-9-21(22)30-3/h4-10,20,28H,11-17H2,1-3H3,(H,25,29)/i3D3,6D,7D,8D,16D2,20D. The molecule has 0 radical (unpaired) electrons. The Morgan fingerprint density at radius 3 is 2.55 bits per heavy atom. The molecule has 1 unspecified atom stereocenters. The lowest BCUT2D eigenvalue weighted by molar-refractivity contribution is -0.117. The van der Waals surface area contributed by atoms with Gasteiger partial charge in [0.2, 0.25) is 5.91 Å². The highest BCUT2D eigenvalue weighted by molar-refractivity contribution is 5.93. The molecule has 7 nitrogen and oxygen atoms in total. The summed E-state index contributed by atoms with van der Waals surface area (Å²) in [5, 5.41) is 13.1. The Kier molecular flexibility index (Phi) is 4.93. The maximum absolute atomic E-state index is 12.9. The molecule has 1 aliphatic rings. The van der Waals surface area contributed by atoms with Gasteiger partial charge >= 0.3 is 0 Å². The largest absolute Gasteiger partial charge is 0.493 e. The number of carbonyl (C=O) groups is 1. The van der Waals surface area contributed by atoms with Crippen molar-refractivity contribution in [1.82, 2.24) is 9.80 Å². The van der Waals surface area contributed by atoms with Gasteiger partial charge in [-0.25, -0.2) is 0 Å². The van der Waals surface area contributed by atoms with E-state index in [0.717, 1.165) is 0 Å². The van der Waals surface area contributed by atoms with E-state index in [4.69, 9.17) is 21.8 Å². The molecule has 1 atom stereocenters. The molecule has 1 heterocycles. The van der Waals surface area contributed by atoms with Crippen LogP contribution < -0.4 is 14.8 Å². The SMILES string of the molecule is [2H]c1c([2H])c(C)c(NC(=O)C([2H])([2H])N2CCN(CC([2H])(O)COc3ccccc3OC([2H])([2H])[2H])CC2)c(C)c1[2H]. The third-order valence-electron chi connectivity index (χ3n) is 4.88. The van der Waals surface area contributed by atoms with Crippen LogP contribution in [0.3, 0.4) is 0 Å². The van der Waals surface area contributed by atoms with Crippen molar-refractivity contribution in [3.8, 4) is 11.5 Å². The predicted molar refractivity (Wildman–Crippen MR) is 122 cm³/mol. The highest BCUT2D eigenvalue weighted by atomic mass is 16.5. The van der Waals surface area contributed by atoms with Gasteiger partial charge in [-0.15, -0.1) is 0 Å². The zero-order valence-electron chi connectivity index (χ0n) is 26.6. The summed E-state index contributed by atoms with van der Waals surface area (Å²) >= 11 is 0. The van der Waals surface area contributed by atoms with E-state index in [1.54, 1.807) is 17.0 Å². The maximum Gasteiger partial charge on any atom is 0.238 e. The number of benzene rings is 2. The number of aliphatic hydroxyl groups is 1. The molecule has 0 spiro atoms. The number of amides is 1. The van der Waals surface area contributed by atoms with Gasteiger partial charge in [0.05, 0.1) is 25.9 Å². The molecular formula is C24H33N3O4. The molecule has 2 aromatic carbocycles. The van der Waals surface area contributed by atoms with Gasteiger partial charge in [-0.2, -0.15) is 0 Å². The first kappa shape index (κ1) is 13.7. The predicted octanol–water partition coefficient (Wildman–Crippen LogP) is 2.31. The van der Waals surface area contributed by atoms with E-state index in [0.29, 0.717) is 0 Å². The van der Waals surface area contributed by atoms with Crippen LogP contribution in [0.15, 0.2) is 42.4 Å². The van der Waals surface area contributed by atoms with E-state index in [2.05, 4.69) is 5.32 Å². The van der Waals surface area contributed by atoms with Crippen molar-refractivity contribution in [3.05, 3.63) is 53.5 Å². The fraction of sp³-hybridized carbons (Fsp3) is 0.458. The van der Waals surface area contributed by atoms with Crippen LogP contribution in [-0.4, -0.2) is 79.8 Å². The van der Waals surface area contributed by atoms with Crippen molar-refractivity contribution < 1.29 is 31.7 Å². The second kappa shape index (κ2) is 11.1. The lowest BCUT2D eigenvalue weighted by atomic mass is 10.1. The summed E-state index contributed by atoms with van der Waals surface area (Å²) in [6.45, 7) is 0.717. The summed E-state index contributed by atoms with van der Waals surface area (Å²) in [6, 6.07) is 5.34. The lowest BCUT2D eigenvalue weighted by Crippen LogP contribution is -2.50. The van der Waals surface area contributed by atoms with Crippen LogP contribution in [0.5, 0.6) is 11.5 Å². The Labute approximate surface area is 197 Å². The number of anilines is 1. The molecule has 1 amide bonds. The van der Waals surface area contributed by atoms with Crippen molar-refractivity contribution in [2.45, 2.75) is 19.9 Å². The summed E-state index contributed by atoms with van der Waals surface area (Å²) in [4.78, 5) is 16.0. The van der Waals surface area contributed by atoms with E-state index in [-0.39, 0.29) is 79.2 Å². The fourth-order valence-electron chi connectivity index (χ4n) is 3.23. The Bertz CT molecular complexity index is 1200. The number of β-amino-alcohol motifs (C(OH)–C–C–N with tert-alkyl or cyclic N) is 1. The monoisotopic (exact) mass is 436 g/mol. The Hall–Kier alpha value is -2.61. The number of rotatable bonds is 9. The van der Waals surface area contributed by atoms with Gasteiger partial charge in [0, 0.05) is 38.4 Å². The zero-order valence-corrected chi connectivity index (χ0v) is 17.6. The summed E-state index contributed by atoms with van der Waals surface area (Å²) in [5.74, 6) is -0.954. The number of ether oxygens (including phenoxy) is 2. The number of hydrogen-bond donors (Lipinski definition) is 2. The van der Waals surface area contributed by atoms with Gasteiger partial charge < -0.3 is 19.9 Å². The first-order valence-corrected chi connectivity index (χ1v) is 9.92. The quantitative estimate of drug-likeness (QED) is 0.628. The van der Waals surface area contributed by atoms with Crippen LogP contribution in [0, 0.1) is 13.8 Å². The van der Waals surface area contributed by atoms with Crippen molar-refractivity contribution in [1.29, 1.82) is 0 Å². The number of para-hydroxylation sites is 3. The topological polar surface area (TPSA) is 74.3 Å². The molecule has 1 fully saturated rings. The minimum absolute atomic E-state index is 0.0497. The highest BCUT2D eigenvalue weighted by Gasteiger charge is 2.21. The molecular weight excluding hydrogens is 394 g/mol. The van der Waals surface area contributed by atoms with Crippen LogP contribution in [0.4, 0.5) is 5.69 Å². The normalized spacial score (nSPS) is 22.1. The average Bonchev–Trinajstić information content (AvgIpc) is 2.87. The number of methoxy groups -OCH3 is 1. The molecule has 168 valence electrons. The van der Waals surface area contributed by atoms with Gasteiger partial charge in [-0.3, -0.25) is 14.6 Å². The van der Waals surface area contributed by atoms with Gasteiger partial charge in [0.15, 0.2) is 11.5 Å². The molecule has 2 N–H and O–H groups in total. The molecule has 0 aromatic heterocycles. The molecule has 3 rings (SSSR count). The Morgan fingerprint density at radius 2 is 1.87 bits per heavy atom. The number of piperazine rings is 1. The molecule has 31 heavy (non-hydrogen) atoms. The van der Waals surface area contributed by atoms with Crippen LogP contribution >= 0.6 is 0 Å². The second-order valence-corrected chi connectivity index (χ2v) is 7.23. The number of nitrogens with zero attached hydrogens (tertiary/aromatic N) is 2. The third-order valence-corrected chi connectivity index (χ3v) is 4.88. The van der Waals surface area contributed by atoms with Crippen molar-refractivity contribution in [3.63, 3.8) is 0 Å². The minimum atomic E-state index is -2.70. The fourth-order valence-corrected chi connectivity index (χ4v) is 3.23. The minimum Gasteiger partial charge on any atom is -0.493 e. The maximum atomic E-state index is 12.9. The van der Waals surface area contributed by atoms with E-state index in [1.165, 1.54) is 30.9 Å². The van der Waals surface area contributed by atoms with Gasteiger partial charge in [0.1, 0.15) is 12.7 Å². The third kappa shape index (κ3) is 6.69. The first-order chi connectivity index (χ1) is 18.4. The molecule has 0 aliphatic carbocycles. The van der Waals surface area contributed by atoms with Gasteiger partial charge in [-0.1, -0.05) is 30.3 Å². The van der Waals surface area contributed by atoms with Crippen LogP contribution in [0.25, 0.3) is 0 Å². The van der Waals surface area contributed by atoms with E-state index in [1.807, 2.05) is 0 Å². The smallest absolute Gasteiger partial charge is 0.238 e. The van der Waals surface area contributed by atoms with Gasteiger partial charge in [-0.05, 0) is 37.1 Å². The number of nitrogens with one attached hydrogen (secondary N) is 1. The summed E-state index contributed by atoms with van der Waals surface area (Å²) in [6.07, 6.45) is -2.08. The molecule has 1 aliphatic heterocycles. The van der Waals surface area contributed by atoms with Gasteiger partial charge in [0.25, 0.3) is 0 Å². The second-order valence-electron chi connectivity index (χ2n) is 7.23. The van der Waals surface area contributed by atoms with Crippen molar-refractivity contribution in [2.75, 3.05) is 58.2 Å². The number of hydrogen-bond acceptors (Lipinski definition) is 6. The first-order valence-electron chi connectivity index (χ1n) is 14.4. The molecule has 7 heteroatoms. The summed E-state index contributed by atoms with van der Waals surface area (Å²) < 4.78 is 81.1. The van der Waals surface area contributed by atoms with Crippen LogP contribution in [0.2, 0.25) is 0 Å². The molecule has 2 aromatic rings. The summed E-state index contributed by atoms with van der Waals surface area (Å²) in [5.41, 5.74) is 0.692. The van der Waals surface area contributed by atoms with Crippen LogP contribution in [-0.2, 0) is 4.79 Å². The number of carbonyl (C=O) groups excluding carboxylic acids is 1. The summed E-state index contributed by atoms with van der Waals surface area (Å²) in [7, 11) is -2.70. The molecule has 0 saturated carbocycles. The molecule has 1 saturated heterocycles. The Morgan fingerprint density at radius 1 is 1.23 bits per heavy atom.